The molecule has 0 radical (unpaired) electrons. The van der Waals surface area contributed by atoms with Gasteiger partial charge in [0.1, 0.15) is 5.75 Å². The summed E-state index contributed by atoms with van der Waals surface area (Å²) in [6.45, 7) is 8.82. The van der Waals surface area contributed by atoms with Crippen molar-refractivity contribution in [2.75, 3.05) is 11.9 Å². The van der Waals surface area contributed by atoms with Crippen molar-refractivity contribution in [1.82, 2.24) is 5.32 Å². The predicted octanol–water partition coefficient (Wildman–Crippen LogP) is 5.10. The summed E-state index contributed by atoms with van der Waals surface area (Å²) >= 11 is 5.31. The number of carbonyl (C=O) groups excluding carboxylic acids is 1. The van der Waals surface area contributed by atoms with Crippen LogP contribution in [-0.2, 0) is 4.79 Å². The average Bonchev–Trinajstić information content (AvgIpc) is 2.61. The topological polar surface area (TPSA) is 50.4 Å². The summed E-state index contributed by atoms with van der Waals surface area (Å²) in [7, 11) is 0. The van der Waals surface area contributed by atoms with Crippen LogP contribution in [0.1, 0.15) is 49.3 Å². The van der Waals surface area contributed by atoms with Gasteiger partial charge in [-0.3, -0.25) is 4.79 Å². The van der Waals surface area contributed by atoms with Gasteiger partial charge < -0.3 is 15.4 Å². The summed E-state index contributed by atoms with van der Waals surface area (Å²) in [5, 5.41) is 6.26. The number of para-hydroxylation sites is 1. The smallest absolute Gasteiger partial charge is 0.226 e. The molecule has 0 fully saturated rings. The van der Waals surface area contributed by atoms with Gasteiger partial charge in [-0.05, 0) is 61.7 Å². The third kappa shape index (κ3) is 6.68. The third-order valence-electron chi connectivity index (χ3n) is 4.26. The van der Waals surface area contributed by atoms with Crippen LogP contribution in [0.25, 0.3) is 0 Å². The molecule has 0 atom stereocenters. The van der Waals surface area contributed by atoms with E-state index in [9.17, 15) is 4.79 Å². The Labute approximate surface area is 167 Å². The normalized spacial score (nSPS) is 10.6. The van der Waals surface area contributed by atoms with Crippen molar-refractivity contribution in [2.45, 2.75) is 46.5 Å². The van der Waals surface area contributed by atoms with Gasteiger partial charge in [-0.15, -0.1) is 0 Å². The Morgan fingerprint density at radius 3 is 2.48 bits per heavy atom. The van der Waals surface area contributed by atoms with Gasteiger partial charge in [0.25, 0.3) is 0 Å². The maximum atomic E-state index is 12.1. The van der Waals surface area contributed by atoms with Crippen molar-refractivity contribution in [3.05, 3.63) is 59.2 Å². The molecule has 0 heterocycles. The molecule has 0 aliphatic carbocycles. The second-order valence-electron chi connectivity index (χ2n) is 6.96. The molecule has 2 N–H and O–H groups in total. The maximum absolute atomic E-state index is 12.1. The Morgan fingerprint density at radius 1 is 1.11 bits per heavy atom. The number of benzene rings is 2. The molecule has 2 rings (SSSR count). The largest absolute Gasteiger partial charge is 0.494 e. The first-order chi connectivity index (χ1) is 12.9. The summed E-state index contributed by atoms with van der Waals surface area (Å²) < 4.78 is 5.64. The monoisotopic (exact) mass is 384 g/mol. The number of amides is 1. The van der Waals surface area contributed by atoms with E-state index in [1.807, 2.05) is 50.2 Å². The van der Waals surface area contributed by atoms with E-state index in [-0.39, 0.29) is 5.91 Å². The van der Waals surface area contributed by atoms with Crippen molar-refractivity contribution in [1.29, 1.82) is 0 Å². The molecular formula is C22H28N2O2S. The zero-order valence-corrected chi connectivity index (χ0v) is 17.3. The van der Waals surface area contributed by atoms with Gasteiger partial charge in [0.05, 0.1) is 6.61 Å². The first-order valence-electron chi connectivity index (χ1n) is 9.26. The van der Waals surface area contributed by atoms with Gasteiger partial charge in [0, 0.05) is 12.1 Å². The van der Waals surface area contributed by atoms with E-state index in [0.717, 1.165) is 17.0 Å². The Hall–Kier alpha value is -2.40. The molecule has 0 aromatic heterocycles. The van der Waals surface area contributed by atoms with Crippen molar-refractivity contribution in [2.24, 2.45) is 0 Å². The van der Waals surface area contributed by atoms with Gasteiger partial charge in [-0.1, -0.05) is 49.7 Å². The molecule has 0 saturated carbocycles. The number of thiocarbonyl (C=S) groups is 1. The summed E-state index contributed by atoms with van der Waals surface area (Å²) in [5.74, 6) is 1.07. The van der Waals surface area contributed by atoms with Crippen LogP contribution in [0.5, 0.6) is 5.75 Å². The number of hydrogen-bond acceptors (Lipinski definition) is 3. The van der Waals surface area contributed by atoms with Crippen LogP contribution in [0.2, 0.25) is 0 Å². The van der Waals surface area contributed by atoms with Crippen LogP contribution in [0.4, 0.5) is 5.69 Å². The van der Waals surface area contributed by atoms with Crippen molar-refractivity contribution in [3.8, 4) is 5.75 Å². The Kier molecular flexibility index (Phi) is 7.80. The molecular weight excluding hydrogens is 356 g/mol. The Balaban J connectivity index is 1.77. The van der Waals surface area contributed by atoms with Gasteiger partial charge >= 0.3 is 0 Å². The first kappa shape index (κ1) is 20.9. The lowest BCUT2D eigenvalue weighted by Crippen LogP contribution is -2.34. The molecule has 0 aliphatic rings. The number of rotatable bonds is 7. The van der Waals surface area contributed by atoms with Crippen molar-refractivity contribution < 1.29 is 9.53 Å². The third-order valence-corrected chi connectivity index (χ3v) is 4.46. The fourth-order valence-corrected chi connectivity index (χ4v) is 2.95. The summed E-state index contributed by atoms with van der Waals surface area (Å²) in [6, 6.07) is 14.0. The van der Waals surface area contributed by atoms with Crippen LogP contribution in [0.3, 0.4) is 0 Å². The van der Waals surface area contributed by atoms with Crippen LogP contribution >= 0.6 is 12.2 Å². The lowest BCUT2D eigenvalue weighted by Gasteiger charge is -2.18. The zero-order valence-electron chi connectivity index (χ0n) is 16.5. The predicted molar refractivity (Wildman–Crippen MR) is 116 cm³/mol. The Bertz CT molecular complexity index is 785. The SMILES string of the molecule is Cc1ccc(OCCCC(=O)NC(=S)Nc2c(C)cccc2C(C)C)cc1. The molecule has 5 heteroatoms. The van der Waals surface area contributed by atoms with Crippen LogP contribution in [-0.4, -0.2) is 17.6 Å². The van der Waals surface area contributed by atoms with Gasteiger partial charge in [0.15, 0.2) is 5.11 Å². The van der Waals surface area contributed by atoms with E-state index in [4.69, 9.17) is 17.0 Å². The molecule has 0 saturated heterocycles. The van der Waals surface area contributed by atoms with E-state index in [1.165, 1.54) is 11.1 Å². The minimum atomic E-state index is -0.111. The summed E-state index contributed by atoms with van der Waals surface area (Å²) in [5.41, 5.74) is 4.44. The molecule has 0 unspecified atom stereocenters. The van der Waals surface area contributed by atoms with Gasteiger partial charge in [-0.2, -0.15) is 0 Å². The quantitative estimate of drug-likeness (QED) is 0.515. The van der Waals surface area contributed by atoms with E-state index < -0.39 is 0 Å². The molecule has 0 bridgehead atoms. The fourth-order valence-electron chi connectivity index (χ4n) is 2.73. The number of nitrogens with one attached hydrogen (secondary N) is 2. The second-order valence-corrected chi connectivity index (χ2v) is 7.37. The van der Waals surface area contributed by atoms with Crippen molar-refractivity contribution in [3.63, 3.8) is 0 Å². The summed E-state index contributed by atoms with van der Waals surface area (Å²) in [6.07, 6.45) is 0.989. The van der Waals surface area contributed by atoms with E-state index in [0.29, 0.717) is 30.5 Å². The fraction of sp³-hybridized carbons (Fsp3) is 0.364. The molecule has 4 nitrogen and oxygen atoms in total. The lowest BCUT2D eigenvalue weighted by atomic mass is 9.98. The van der Waals surface area contributed by atoms with Gasteiger partial charge in [-0.25, -0.2) is 0 Å². The minimum absolute atomic E-state index is 0.111. The van der Waals surface area contributed by atoms with E-state index >= 15 is 0 Å². The number of aryl methyl sites for hydroxylation is 2. The van der Waals surface area contributed by atoms with Crippen LogP contribution < -0.4 is 15.4 Å². The number of hydrogen-bond donors (Lipinski definition) is 2. The zero-order chi connectivity index (χ0) is 19.8. The van der Waals surface area contributed by atoms with Crippen LogP contribution in [0.15, 0.2) is 42.5 Å². The van der Waals surface area contributed by atoms with E-state index in [1.54, 1.807) is 0 Å². The second kappa shape index (κ2) is 10.1. The highest BCUT2D eigenvalue weighted by atomic mass is 32.1. The molecule has 2 aromatic carbocycles. The highest BCUT2D eigenvalue weighted by Gasteiger charge is 2.11. The lowest BCUT2D eigenvalue weighted by molar-refractivity contribution is -0.119. The summed E-state index contributed by atoms with van der Waals surface area (Å²) in [4.78, 5) is 12.1. The van der Waals surface area contributed by atoms with Crippen LogP contribution in [0, 0.1) is 13.8 Å². The standard InChI is InChI=1S/C22H28N2O2S/c1-15(2)19-8-5-7-17(4)21(19)24-22(27)23-20(25)9-6-14-26-18-12-10-16(3)11-13-18/h5,7-8,10-13,15H,6,9,14H2,1-4H3,(H2,23,24,25,27). The number of anilines is 1. The van der Waals surface area contributed by atoms with Gasteiger partial charge in [0.2, 0.25) is 5.91 Å². The van der Waals surface area contributed by atoms with Crippen molar-refractivity contribution >= 4 is 28.9 Å². The molecule has 1 amide bonds. The minimum Gasteiger partial charge on any atom is -0.494 e. The molecule has 2 aromatic rings. The number of carbonyl (C=O) groups is 1. The molecule has 0 aliphatic heterocycles. The maximum Gasteiger partial charge on any atom is 0.226 e. The molecule has 144 valence electrons. The molecule has 27 heavy (non-hydrogen) atoms. The first-order valence-corrected chi connectivity index (χ1v) is 9.67. The highest BCUT2D eigenvalue weighted by molar-refractivity contribution is 7.80. The molecule has 0 spiro atoms. The number of ether oxygens (including phenoxy) is 1. The average molecular weight is 385 g/mol. The van der Waals surface area contributed by atoms with E-state index in [2.05, 4.69) is 30.5 Å². The Morgan fingerprint density at radius 2 is 1.81 bits per heavy atom. The highest BCUT2D eigenvalue weighted by Crippen LogP contribution is 2.27.